The first-order chi connectivity index (χ1) is 7.74. The van der Waals surface area contributed by atoms with E-state index in [9.17, 15) is 0 Å². The van der Waals surface area contributed by atoms with E-state index in [0.717, 1.165) is 12.5 Å². The molecule has 0 aromatic rings. The highest BCUT2D eigenvalue weighted by molar-refractivity contribution is 4.78. The van der Waals surface area contributed by atoms with Crippen LogP contribution in [0, 0.1) is 5.92 Å². The number of nitrogens with one attached hydrogen (secondary N) is 1. The van der Waals surface area contributed by atoms with Crippen molar-refractivity contribution in [3.05, 3.63) is 0 Å². The van der Waals surface area contributed by atoms with E-state index in [1.54, 1.807) is 7.11 Å². The van der Waals surface area contributed by atoms with E-state index < -0.39 is 0 Å². The lowest BCUT2D eigenvalue weighted by Gasteiger charge is -2.26. The van der Waals surface area contributed by atoms with Crippen molar-refractivity contribution in [2.45, 2.75) is 39.2 Å². The van der Waals surface area contributed by atoms with Crippen LogP contribution in [0.4, 0.5) is 0 Å². The number of rotatable bonds is 6. The molecule has 0 aromatic heterocycles. The Labute approximate surface area is 101 Å². The van der Waals surface area contributed by atoms with E-state index in [2.05, 4.69) is 24.1 Å². The number of hydrogen-bond acceptors (Lipinski definition) is 3. The molecule has 1 saturated heterocycles. The summed E-state index contributed by atoms with van der Waals surface area (Å²) in [7, 11) is 1.78. The quantitative estimate of drug-likeness (QED) is 0.701. The minimum Gasteiger partial charge on any atom is -0.385 e. The van der Waals surface area contributed by atoms with Gasteiger partial charge in [-0.05, 0) is 44.8 Å². The van der Waals surface area contributed by atoms with Crippen molar-refractivity contribution in [3.63, 3.8) is 0 Å². The molecule has 0 aromatic carbocycles. The maximum atomic E-state index is 5.08. The lowest BCUT2D eigenvalue weighted by molar-refractivity contribution is 0.181. The predicted octanol–water partition coefficient (Wildman–Crippen LogP) is 1.73. The highest BCUT2D eigenvalue weighted by Gasteiger charge is 2.19. The van der Waals surface area contributed by atoms with Crippen LogP contribution in [0.15, 0.2) is 0 Å². The maximum absolute atomic E-state index is 5.08. The van der Waals surface area contributed by atoms with Crippen LogP contribution in [0.1, 0.15) is 33.1 Å². The molecule has 1 N–H and O–H groups in total. The molecular weight excluding hydrogens is 200 g/mol. The largest absolute Gasteiger partial charge is 0.385 e. The van der Waals surface area contributed by atoms with Crippen molar-refractivity contribution in [3.8, 4) is 0 Å². The Morgan fingerprint density at radius 1 is 1.38 bits per heavy atom. The number of nitrogens with zero attached hydrogens (tertiary/aromatic N) is 1. The molecule has 0 amide bonds. The van der Waals surface area contributed by atoms with E-state index in [1.165, 1.54) is 45.4 Å². The molecule has 96 valence electrons. The second-order valence-electron chi connectivity index (χ2n) is 5.16. The molecule has 0 aliphatic carbocycles. The van der Waals surface area contributed by atoms with Gasteiger partial charge in [-0.25, -0.2) is 0 Å². The second-order valence-corrected chi connectivity index (χ2v) is 5.16. The molecule has 0 spiro atoms. The van der Waals surface area contributed by atoms with Gasteiger partial charge < -0.3 is 15.0 Å². The van der Waals surface area contributed by atoms with Crippen molar-refractivity contribution in [1.82, 2.24) is 10.2 Å². The van der Waals surface area contributed by atoms with Crippen LogP contribution in [0.5, 0.6) is 0 Å². The van der Waals surface area contributed by atoms with Crippen molar-refractivity contribution < 1.29 is 4.74 Å². The molecule has 1 fully saturated rings. The molecule has 16 heavy (non-hydrogen) atoms. The standard InChI is InChI=1S/C13H28N2O/c1-12(2)13-11-15(9-6-7-14-13)8-4-5-10-16-3/h12-14H,4-11H2,1-3H3. The Hall–Kier alpha value is -0.120. The third kappa shape index (κ3) is 5.28. The van der Waals surface area contributed by atoms with Crippen molar-refractivity contribution in [2.75, 3.05) is 39.9 Å². The van der Waals surface area contributed by atoms with Gasteiger partial charge in [0.2, 0.25) is 0 Å². The molecule has 1 aliphatic rings. The van der Waals surface area contributed by atoms with Gasteiger partial charge in [-0.3, -0.25) is 0 Å². The highest BCUT2D eigenvalue weighted by atomic mass is 16.5. The molecule has 1 atom stereocenters. The van der Waals surface area contributed by atoms with Crippen molar-refractivity contribution >= 4 is 0 Å². The van der Waals surface area contributed by atoms with E-state index in [0.29, 0.717) is 6.04 Å². The fourth-order valence-corrected chi connectivity index (χ4v) is 2.26. The van der Waals surface area contributed by atoms with Gasteiger partial charge in [-0.1, -0.05) is 13.8 Å². The minimum absolute atomic E-state index is 0.671. The van der Waals surface area contributed by atoms with Crippen molar-refractivity contribution in [1.29, 1.82) is 0 Å². The average Bonchev–Trinajstić information content (AvgIpc) is 2.50. The summed E-state index contributed by atoms with van der Waals surface area (Å²) >= 11 is 0. The molecule has 3 nitrogen and oxygen atoms in total. The molecule has 0 radical (unpaired) electrons. The minimum atomic E-state index is 0.671. The molecule has 1 heterocycles. The van der Waals surface area contributed by atoms with Gasteiger partial charge >= 0.3 is 0 Å². The third-order valence-corrected chi connectivity index (χ3v) is 3.39. The summed E-state index contributed by atoms with van der Waals surface area (Å²) in [6.45, 7) is 10.4. The van der Waals surface area contributed by atoms with E-state index in [1.807, 2.05) is 0 Å². The summed E-state index contributed by atoms with van der Waals surface area (Å²) in [4.78, 5) is 2.61. The first-order valence-electron chi connectivity index (χ1n) is 6.68. The van der Waals surface area contributed by atoms with Gasteiger partial charge in [0.15, 0.2) is 0 Å². The third-order valence-electron chi connectivity index (χ3n) is 3.39. The van der Waals surface area contributed by atoms with Crippen LogP contribution >= 0.6 is 0 Å². The number of ether oxygens (including phenoxy) is 1. The molecule has 0 bridgehead atoms. The van der Waals surface area contributed by atoms with Crippen LogP contribution in [0.3, 0.4) is 0 Å². The van der Waals surface area contributed by atoms with Gasteiger partial charge in [0, 0.05) is 26.3 Å². The van der Waals surface area contributed by atoms with Gasteiger partial charge in [-0.2, -0.15) is 0 Å². The lowest BCUT2D eigenvalue weighted by atomic mass is 10.0. The van der Waals surface area contributed by atoms with Crippen LogP contribution in [0.2, 0.25) is 0 Å². The zero-order chi connectivity index (χ0) is 11.8. The van der Waals surface area contributed by atoms with Gasteiger partial charge in [0.1, 0.15) is 0 Å². The molecule has 3 heteroatoms. The predicted molar refractivity (Wildman–Crippen MR) is 68.8 cm³/mol. The summed E-state index contributed by atoms with van der Waals surface area (Å²) in [5.74, 6) is 0.736. The lowest BCUT2D eigenvalue weighted by Crippen LogP contribution is -2.41. The molecule has 1 unspecified atom stereocenters. The Morgan fingerprint density at radius 2 is 2.19 bits per heavy atom. The first kappa shape index (κ1) is 13.9. The Morgan fingerprint density at radius 3 is 2.88 bits per heavy atom. The summed E-state index contributed by atoms with van der Waals surface area (Å²) in [6.07, 6.45) is 3.74. The van der Waals surface area contributed by atoms with Crippen LogP contribution in [0.25, 0.3) is 0 Å². The molecule has 0 saturated carbocycles. The number of hydrogen-bond donors (Lipinski definition) is 1. The summed E-state index contributed by atoms with van der Waals surface area (Å²) in [6, 6.07) is 0.671. The Bertz CT molecular complexity index is 173. The topological polar surface area (TPSA) is 24.5 Å². The monoisotopic (exact) mass is 228 g/mol. The zero-order valence-corrected chi connectivity index (χ0v) is 11.2. The van der Waals surface area contributed by atoms with E-state index in [4.69, 9.17) is 4.74 Å². The average molecular weight is 228 g/mol. The number of methoxy groups -OCH3 is 1. The Balaban J connectivity index is 2.23. The Kier molecular flexibility index (Phi) is 7.01. The number of unbranched alkanes of at least 4 members (excludes halogenated alkanes) is 1. The first-order valence-corrected chi connectivity index (χ1v) is 6.68. The molecular formula is C13H28N2O. The highest BCUT2D eigenvalue weighted by Crippen LogP contribution is 2.09. The van der Waals surface area contributed by atoms with E-state index >= 15 is 0 Å². The summed E-state index contributed by atoms with van der Waals surface area (Å²) < 4.78 is 5.08. The van der Waals surface area contributed by atoms with Crippen LogP contribution in [-0.2, 0) is 4.74 Å². The second kappa shape index (κ2) is 8.04. The summed E-state index contributed by atoms with van der Waals surface area (Å²) in [5, 5.41) is 3.65. The molecule has 1 aliphatic heterocycles. The normalized spacial score (nSPS) is 23.6. The summed E-state index contributed by atoms with van der Waals surface area (Å²) in [5.41, 5.74) is 0. The van der Waals surface area contributed by atoms with Gasteiger partial charge in [0.25, 0.3) is 0 Å². The fourth-order valence-electron chi connectivity index (χ4n) is 2.26. The van der Waals surface area contributed by atoms with Crippen LogP contribution in [-0.4, -0.2) is 50.8 Å². The van der Waals surface area contributed by atoms with Gasteiger partial charge in [0.05, 0.1) is 0 Å². The molecule has 1 rings (SSSR count). The van der Waals surface area contributed by atoms with Crippen molar-refractivity contribution in [2.24, 2.45) is 5.92 Å². The van der Waals surface area contributed by atoms with Gasteiger partial charge in [-0.15, -0.1) is 0 Å². The SMILES string of the molecule is COCCCCN1CCCNC(C(C)C)C1. The smallest absolute Gasteiger partial charge is 0.0462 e. The zero-order valence-electron chi connectivity index (χ0n) is 11.2. The van der Waals surface area contributed by atoms with E-state index in [-0.39, 0.29) is 0 Å². The fraction of sp³-hybridized carbons (Fsp3) is 1.00. The maximum Gasteiger partial charge on any atom is 0.0462 e. The van der Waals surface area contributed by atoms with Crippen LogP contribution < -0.4 is 5.32 Å².